The first-order chi connectivity index (χ1) is 9.06. The summed E-state index contributed by atoms with van der Waals surface area (Å²) in [4.78, 5) is 14.4. The van der Waals surface area contributed by atoms with E-state index in [1.54, 1.807) is 12.0 Å². The fourth-order valence-corrected chi connectivity index (χ4v) is 3.49. The molecule has 1 saturated heterocycles. The van der Waals surface area contributed by atoms with Gasteiger partial charge in [-0.25, -0.2) is 0 Å². The number of carbonyl (C=O) groups excluding carboxylic acids is 1. The van der Waals surface area contributed by atoms with Crippen LogP contribution in [0.25, 0.3) is 6.08 Å². The Morgan fingerprint density at radius 3 is 2.84 bits per heavy atom. The number of amides is 1. The summed E-state index contributed by atoms with van der Waals surface area (Å²) in [5, 5.41) is 0. The normalized spacial score (nSPS) is 17.4. The van der Waals surface area contributed by atoms with E-state index in [4.69, 9.17) is 17.0 Å². The number of carbonyl (C=O) groups is 1. The molecule has 1 aromatic carbocycles. The molecule has 3 nitrogen and oxygen atoms in total. The van der Waals surface area contributed by atoms with Crippen molar-refractivity contribution in [2.75, 3.05) is 13.7 Å². The standard InChI is InChI=1S/C13H12BrNO2S2/c1-3-15-12(16)11(19-13(15)18)7-8-6-9(14)4-5-10(8)17-2/h4-7H,3H2,1-2H3/b11-7-. The lowest BCUT2D eigenvalue weighted by Crippen LogP contribution is -2.27. The number of ether oxygens (including phenoxy) is 1. The van der Waals surface area contributed by atoms with E-state index in [1.165, 1.54) is 11.8 Å². The summed E-state index contributed by atoms with van der Waals surface area (Å²) in [5.74, 6) is 0.685. The van der Waals surface area contributed by atoms with E-state index in [-0.39, 0.29) is 5.91 Å². The molecule has 0 saturated carbocycles. The largest absolute Gasteiger partial charge is 0.496 e. The second-order valence-corrected chi connectivity index (χ2v) is 6.40. The van der Waals surface area contributed by atoms with Crippen LogP contribution in [-0.4, -0.2) is 28.8 Å². The second kappa shape index (κ2) is 6.07. The topological polar surface area (TPSA) is 29.5 Å². The number of nitrogens with zero attached hydrogens (tertiary/aromatic N) is 1. The summed E-state index contributed by atoms with van der Waals surface area (Å²) in [7, 11) is 1.61. The molecule has 1 aliphatic rings. The van der Waals surface area contributed by atoms with E-state index in [0.717, 1.165) is 15.8 Å². The third-order valence-corrected chi connectivity index (χ3v) is 4.54. The highest BCUT2D eigenvalue weighted by atomic mass is 79.9. The van der Waals surface area contributed by atoms with Crippen molar-refractivity contribution in [2.45, 2.75) is 6.92 Å². The monoisotopic (exact) mass is 357 g/mol. The van der Waals surface area contributed by atoms with Gasteiger partial charge in [-0.15, -0.1) is 0 Å². The van der Waals surface area contributed by atoms with Gasteiger partial charge < -0.3 is 4.74 Å². The fraction of sp³-hybridized carbons (Fsp3) is 0.231. The number of halogens is 1. The van der Waals surface area contributed by atoms with E-state index in [9.17, 15) is 4.79 Å². The van der Waals surface area contributed by atoms with Crippen LogP contribution in [0.1, 0.15) is 12.5 Å². The Morgan fingerprint density at radius 2 is 2.26 bits per heavy atom. The minimum absolute atomic E-state index is 0.0421. The molecule has 0 aromatic heterocycles. The van der Waals surface area contributed by atoms with Crippen LogP contribution in [0.5, 0.6) is 5.75 Å². The maximum atomic E-state index is 12.1. The molecular formula is C13H12BrNO2S2. The Morgan fingerprint density at radius 1 is 1.53 bits per heavy atom. The first-order valence-corrected chi connectivity index (χ1v) is 7.67. The lowest BCUT2D eigenvalue weighted by molar-refractivity contribution is -0.121. The minimum Gasteiger partial charge on any atom is -0.496 e. The molecule has 6 heteroatoms. The average molecular weight is 358 g/mol. The molecule has 0 unspecified atom stereocenters. The molecule has 1 amide bonds. The highest BCUT2D eigenvalue weighted by Crippen LogP contribution is 2.34. The maximum absolute atomic E-state index is 12.1. The van der Waals surface area contributed by atoms with Crippen LogP contribution in [0, 0.1) is 0 Å². The van der Waals surface area contributed by atoms with Crippen LogP contribution < -0.4 is 4.74 Å². The maximum Gasteiger partial charge on any atom is 0.266 e. The number of likely N-dealkylation sites (N-methyl/N-ethyl adjacent to an activating group) is 1. The summed E-state index contributed by atoms with van der Waals surface area (Å²) in [6.45, 7) is 2.50. The van der Waals surface area contributed by atoms with Gasteiger partial charge in [0.15, 0.2) is 0 Å². The van der Waals surface area contributed by atoms with Crippen molar-refractivity contribution < 1.29 is 9.53 Å². The zero-order chi connectivity index (χ0) is 14.0. The Balaban J connectivity index is 2.40. The number of thioether (sulfide) groups is 1. The fourth-order valence-electron chi connectivity index (χ4n) is 1.73. The molecule has 2 rings (SSSR count). The molecule has 1 aliphatic heterocycles. The van der Waals surface area contributed by atoms with Gasteiger partial charge in [0.1, 0.15) is 10.1 Å². The zero-order valence-corrected chi connectivity index (χ0v) is 13.7. The Kier molecular flexibility index (Phi) is 4.65. The molecule has 0 atom stereocenters. The first-order valence-electron chi connectivity index (χ1n) is 5.65. The highest BCUT2D eigenvalue weighted by molar-refractivity contribution is 9.10. The minimum atomic E-state index is -0.0421. The summed E-state index contributed by atoms with van der Waals surface area (Å²) in [5.41, 5.74) is 0.855. The predicted octanol–water partition coefficient (Wildman–Crippen LogP) is 3.68. The molecule has 1 heterocycles. The molecule has 19 heavy (non-hydrogen) atoms. The van der Waals surface area contributed by atoms with Crippen molar-refractivity contribution in [3.8, 4) is 5.75 Å². The lowest BCUT2D eigenvalue weighted by Gasteiger charge is -2.09. The van der Waals surface area contributed by atoms with Gasteiger partial charge in [0.05, 0.1) is 12.0 Å². The van der Waals surface area contributed by atoms with Crippen molar-refractivity contribution >= 4 is 56.2 Å². The molecule has 0 aliphatic carbocycles. The molecule has 1 fully saturated rings. The van der Waals surface area contributed by atoms with Crippen molar-refractivity contribution in [3.63, 3.8) is 0 Å². The van der Waals surface area contributed by atoms with Crippen molar-refractivity contribution in [1.29, 1.82) is 0 Å². The van der Waals surface area contributed by atoms with Crippen LogP contribution in [0.4, 0.5) is 0 Å². The van der Waals surface area contributed by atoms with Gasteiger partial charge in [0, 0.05) is 16.6 Å². The van der Waals surface area contributed by atoms with Gasteiger partial charge in [-0.2, -0.15) is 0 Å². The van der Waals surface area contributed by atoms with E-state index >= 15 is 0 Å². The van der Waals surface area contributed by atoms with Crippen molar-refractivity contribution in [3.05, 3.63) is 33.1 Å². The average Bonchev–Trinajstić information content (AvgIpc) is 2.64. The lowest BCUT2D eigenvalue weighted by atomic mass is 10.2. The summed E-state index contributed by atoms with van der Waals surface area (Å²) in [6, 6.07) is 5.67. The number of hydrogen-bond acceptors (Lipinski definition) is 4. The molecule has 0 radical (unpaired) electrons. The molecule has 1 aromatic rings. The Hall–Kier alpha value is -0.850. The molecule has 0 N–H and O–H groups in total. The number of hydrogen-bond donors (Lipinski definition) is 0. The predicted molar refractivity (Wildman–Crippen MR) is 86.2 cm³/mol. The number of rotatable bonds is 3. The van der Waals surface area contributed by atoms with Gasteiger partial charge in [0.2, 0.25) is 0 Å². The third-order valence-electron chi connectivity index (χ3n) is 2.67. The second-order valence-electron chi connectivity index (χ2n) is 3.81. The summed E-state index contributed by atoms with van der Waals surface area (Å²) < 4.78 is 6.83. The number of thiocarbonyl (C=S) groups is 1. The molecule has 100 valence electrons. The zero-order valence-electron chi connectivity index (χ0n) is 10.5. The Labute approximate surface area is 130 Å². The van der Waals surface area contributed by atoms with Gasteiger partial charge in [0.25, 0.3) is 5.91 Å². The number of benzene rings is 1. The molecule has 0 bridgehead atoms. The number of methoxy groups -OCH3 is 1. The van der Waals surface area contributed by atoms with Crippen LogP contribution >= 0.6 is 39.9 Å². The van der Waals surface area contributed by atoms with Crippen molar-refractivity contribution in [2.24, 2.45) is 0 Å². The van der Waals surface area contributed by atoms with Crippen LogP contribution in [0.2, 0.25) is 0 Å². The first kappa shape index (κ1) is 14.6. The van der Waals surface area contributed by atoms with Gasteiger partial charge >= 0.3 is 0 Å². The van der Waals surface area contributed by atoms with E-state index in [0.29, 0.717) is 15.8 Å². The smallest absolute Gasteiger partial charge is 0.266 e. The van der Waals surface area contributed by atoms with Gasteiger partial charge in [-0.3, -0.25) is 9.69 Å². The highest BCUT2D eigenvalue weighted by Gasteiger charge is 2.30. The molecule has 0 spiro atoms. The van der Waals surface area contributed by atoms with Gasteiger partial charge in [-0.1, -0.05) is 39.9 Å². The Bertz CT molecular complexity index is 572. The summed E-state index contributed by atoms with van der Waals surface area (Å²) >= 11 is 9.92. The van der Waals surface area contributed by atoms with Crippen LogP contribution in [-0.2, 0) is 4.79 Å². The third kappa shape index (κ3) is 3.01. The van der Waals surface area contributed by atoms with Gasteiger partial charge in [-0.05, 0) is 31.2 Å². The quantitative estimate of drug-likeness (QED) is 0.609. The van der Waals surface area contributed by atoms with Crippen LogP contribution in [0.3, 0.4) is 0 Å². The van der Waals surface area contributed by atoms with Crippen LogP contribution in [0.15, 0.2) is 27.6 Å². The van der Waals surface area contributed by atoms with Crippen molar-refractivity contribution in [1.82, 2.24) is 4.90 Å². The van der Waals surface area contributed by atoms with E-state index in [2.05, 4.69) is 15.9 Å². The molecular weight excluding hydrogens is 346 g/mol. The SMILES string of the molecule is CCN1C(=O)/C(=C/c2cc(Br)ccc2OC)SC1=S. The van der Waals surface area contributed by atoms with E-state index < -0.39 is 0 Å². The summed E-state index contributed by atoms with van der Waals surface area (Å²) in [6.07, 6.45) is 1.82. The van der Waals surface area contributed by atoms with E-state index in [1.807, 2.05) is 31.2 Å².